The van der Waals surface area contributed by atoms with Crippen molar-refractivity contribution < 1.29 is 9.90 Å². The van der Waals surface area contributed by atoms with Gasteiger partial charge in [0.1, 0.15) is 0 Å². The molecule has 1 aliphatic carbocycles. The smallest absolute Gasteiger partial charge is 0.339 e. The van der Waals surface area contributed by atoms with E-state index < -0.39 is 5.97 Å². The van der Waals surface area contributed by atoms with Gasteiger partial charge < -0.3 is 5.11 Å². The summed E-state index contributed by atoms with van der Waals surface area (Å²) in [6.45, 7) is 0. The molecule has 0 unspecified atom stereocenters. The molecule has 19 heavy (non-hydrogen) atoms. The molecule has 0 saturated heterocycles. The average Bonchev–Trinajstić information content (AvgIpc) is 3.22. The quantitative estimate of drug-likeness (QED) is 0.941. The monoisotopic (exact) mass is 319 g/mol. The number of halogens is 1. The second-order valence-corrected chi connectivity index (χ2v) is 5.38. The van der Waals surface area contributed by atoms with Crippen molar-refractivity contribution in [1.29, 1.82) is 0 Å². The Morgan fingerprint density at radius 3 is 2.74 bits per heavy atom. The summed E-state index contributed by atoms with van der Waals surface area (Å²) in [6, 6.07) is 1.86. The van der Waals surface area contributed by atoms with E-state index in [1.165, 1.54) is 6.20 Å². The predicted octanol–water partition coefficient (Wildman–Crippen LogP) is 2.88. The van der Waals surface area contributed by atoms with Crippen LogP contribution in [0.1, 0.15) is 34.8 Å². The van der Waals surface area contributed by atoms with Crippen LogP contribution in [-0.2, 0) is 0 Å². The number of carboxylic acid groups (broad SMARTS) is 1. The number of aromatic nitrogens is 3. The van der Waals surface area contributed by atoms with Crippen LogP contribution in [0.3, 0.4) is 0 Å². The van der Waals surface area contributed by atoms with Gasteiger partial charge >= 0.3 is 5.97 Å². The highest BCUT2D eigenvalue weighted by molar-refractivity contribution is 9.10. The maximum atomic E-state index is 11.2. The van der Waals surface area contributed by atoms with Gasteiger partial charge in [-0.25, -0.2) is 14.8 Å². The maximum Gasteiger partial charge on any atom is 0.339 e. The number of carbonyl (C=O) groups is 1. The number of nitrogens with zero attached hydrogens (tertiary/aromatic N) is 3. The minimum Gasteiger partial charge on any atom is -0.478 e. The molecule has 0 radical (unpaired) electrons. The van der Waals surface area contributed by atoms with Gasteiger partial charge in [0.2, 0.25) is 0 Å². The van der Waals surface area contributed by atoms with Crippen LogP contribution in [0, 0.1) is 0 Å². The van der Waals surface area contributed by atoms with Crippen molar-refractivity contribution in [2.75, 3.05) is 0 Å². The number of rotatable bonds is 3. The van der Waals surface area contributed by atoms with Crippen molar-refractivity contribution in [2.45, 2.75) is 18.8 Å². The van der Waals surface area contributed by atoms with Gasteiger partial charge in [0, 0.05) is 34.5 Å². The molecular weight excluding hydrogens is 310 g/mol. The fraction of sp³-hybridized carbons (Fsp3) is 0.231. The largest absolute Gasteiger partial charge is 0.478 e. The van der Waals surface area contributed by atoms with Gasteiger partial charge in [-0.15, -0.1) is 0 Å². The maximum absolute atomic E-state index is 11.2. The molecule has 2 aromatic heterocycles. The van der Waals surface area contributed by atoms with Crippen LogP contribution in [0.15, 0.2) is 29.1 Å². The third-order valence-electron chi connectivity index (χ3n) is 2.98. The highest BCUT2D eigenvalue weighted by Crippen LogP contribution is 2.41. The first-order valence-corrected chi connectivity index (χ1v) is 6.65. The molecule has 5 nitrogen and oxygen atoms in total. The van der Waals surface area contributed by atoms with Gasteiger partial charge in [0.05, 0.1) is 11.3 Å². The predicted molar refractivity (Wildman–Crippen MR) is 71.9 cm³/mol. The molecule has 1 fully saturated rings. The number of pyridine rings is 1. The first-order valence-electron chi connectivity index (χ1n) is 5.86. The van der Waals surface area contributed by atoms with E-state index in [9.17, 15) is 4.79 Å². The van der Waals surface area contributed by atoms with Crippen LogP contribution < -0.4 is 0 Å². The summed E-state index contributed by atoms with van der Waals surface area (Å²) in [5.41, 5.74) is 1.61. The van der Waals surface area contributed by atoms with Gasteiger partial charge in [-0.2, -0.15) is 0 Å². The minimum absolute atomic E-state index is 0.203. The van der Waals surface area contributed by atoms with Crippen LogP contribution in [-0.4, -0.2) is 26.0 Å². The Bertz CT molecular complexity index is 656. The van der Waals surface area contributed by atoms with E-state index in [0.29, 0.717) is 11.5 Å². The zero-order valence-corrected chi connectivity index (χ0v) is 11.5. The Balaban J connectivity index is 2.08. The van der Waals surface area contributed by atoms with Crippen molar-refractivity contribution >= 4 is 21.9 Å². The molecule has 0 bridgehead atoms. The molecule has 1 aliphatic rings. The Hall–Kier alpha value is -1.82. The Labute approximate surface area is 117 Å². The Morgan fingerprint density at radius 1 is 1.32 bits per heavy atom. The van der Waals surface area contributed by atoms with Crippen LogP contribution in [0.5, 0.6) is 0 Å². The molecule has 96 valence electrons. The van der Waals surface area contributed by atoms with Crippen LogP contribution in [0.25, 0.3) is 11.4 Å². The second-order valence-electron chi connectivity index (χ2n) is 4.46. The van der Waals surface area contributed by atoms with Gasteiger partial charge in [0.25, 0.3) is 0 Å². The number of carboxylic acids is 1. The average molecular weight is 320 g/mol. The number of hydrogen-bond donors (Lipinski definition) is 1. The molecule has 3 rings (SSSR count). The number of hydrogen-bond acceptors (Lipinski definition) is 4. The second kappa shape index (κ2) is 4.70. The minimum atomic E-state index is -0.971. The zero-order chi connectivity index (χ0) is 13.4. The fourth-order valence-corrected chi connectivity index (χ4v) is 2.27. The van der Waals surface area contributed by atoms with E-state index in [4.69, 9.17) is 5.11 Å². The van der Waals surface area contributed by atoms with Gasteiger partial charge in [-0.3, -0.25) is 4.98 Å². The van der Waals surface area contributed by atoms with Crippen molar-refractivity contribution in [1.82, 2.24) is 15.0 Å². The summed E-state index contributed by atoms with van der Waals surface area (Å²) in [5.74, 6) is -0.200. The van der Waals surface area contributed by atoms with Crippen LogP contribution >= 0.6 is 15.9 Å². The zero-order valence-electron chi connectivity index (χ0n) is 9.88. The topological polar surface area (TPSA) is 76.0 Å². The molecule has 0 aliphatic heterocycles. The lowest BCUT2D eigenvalue weighted by Gasteiger charge is -2.06. The van der Waals surface area contributed by atoms with Gasteiger partial charge in [-0.05, 0) is 34.8 Å². The summed E-state index contributed by atoms with van der Waals surface area (Å²) in [4.78, 5) is 23.8. The third kappa shape index (κ3) is 2.49. The van der Waals surface area contributed by atoms with Crippen molar-refractivity contribution in [2.24, 2.45) is 0 Å². The first-order chi connectivity index (χ1) is 9.15. The highest BCUT2D eigenvalue weighted by Gasteiger charge is 2.30. The van der Waals surface area contributed by atoms with E-state index in [1.54, 1.807) is 12.4 Å². The summed E-state index contributed by atoms with van der Waals surface area (Å²) in [5, 5.41) is 9.15. The molecule has 6 heteroatoms. The van der Waals surface area contributed by atoms with Gasteiger partial charge in [-0.1, -0.05) is 0 Å². The Kier molecular flexibility index (Phi) is 3.02. The van der Waals surface area contributed by atoms with Crippen molar-refractivity contribution in [3.63, 3.8) is 0 Å². The summed E-state index contributed by atoms with van der Waals surface area (Å²) in [6.07, 6.45) is 6.72. The van der Waals surface area contributed by atoms with E-state index in [1.807, 2.05) is 6.07 Å². The molecule has 0 atom stereocenters. The molecule has 0 aromatic carbocycles. The van der Waals surface area contributed by atoms with E-state index in [2.05, 4.69) is 30.9 Å². The van der Waals surface area contributed by atoms with Crippen molar-refractivity contribution in [3.05, 3.63) is 40.4 Å². The van der Waals surface area contributed by atoms with Crippen LogP contribution in [0.2, 0.25) is 0 Å². The highest BCUT2D eigenvalue weighted by atomic mass is 79.9. The van der Waals surface area contributed by atoms with Crippen molar-refractivity contribution in [3.8, 4) is 11.4 Å². The molecule has 0 amide bonds. The summed E-state index contributed by atoms with van der Waals surface area (Å²) >= 11 is 3.34. The normalized spacial score (nSPS) is 14.4. The Morgan fingerprint density at radius 2 is 2.11 bits per heavy atom. The molecule has 0 spiro atoms. The summed E-state index contributed by atoms with van der Waals surface area (Å²) < 4.78 is 0.837. The van der Waals surface area contributed by atoms with E-state index in [-0.39, 0.29) is 11.5 Å². The van der Waals surface area contributed by atoms with E-state index in [0.717, 1.165) is 22.9 Å². The summed E-state index contributed by atoms with van der Waals surface area (Å²) in [7, 11) is 0. The van der Waals surface area contributed by atoms with Crippen LogP contribution in [0.4, 0.5) is 0 Å². The van der Waals surface area contributed by atoms with E-state index >= 15 is 0 Å². The molecule has 1 saturated carbocycles. The lowest BCUT2D eigenvalue weighted by molar-refractivity contribution is 0.0694. The standard InChI is InChI=1S/C13H10BrN3O2/c14-9-3-8(4-15-5-9)12-16-6-10(13(18)19)11(17-12)7-1-2-7/h3-7H,1-2H2,(H,18,19). The lowest BCUT2D eigenvalue weighted by Crippen LogP contribution is -2.06. The third-order valence-corrected chi connectivity index (χ3v) is 3.41. The fourth-order valence-electron chi connectivity index (χ4n) is 1.90. The number of aromatic carboxylic acids is 1. The molecule has 2 heterocycles. The first kappa shape index (κ1) is 12.2. The molecule has 1 N–H and O–H groups in total. The molecular formula is C13H10BrN3O2. The lowest BCUT2D eigenvalue weighted by atomic mass is 10.1. The SMILES string of the molecule is O=C(O)c1cnc(-c2cncc(Br)c2)nc1C1CC1. The molecule has 2 aromatic rings. The van der Waals surface area contributed by atoms with Gasteiger partial charge in [0.15, 0.2) is 5.82 Å².